The number of methoxy groups -OCH3 is 2. The molecule has 2 rings (SSSR count). The summed E-state index contributed by atoms with van der Waals surface area (Å²) in [5.41, 5.74) is 1.75. The van der Waals surface area contributed by atoms with E-state index >= 15 is 0 Å². The van der Waals surface area contributed by atoms with Gasteiger partial charge in [0.15, 0.2) is 11.5 Å². The molecule has 1 atom stereocenters. The molecule has 0 saturated carbocycles. The summed E-state index contributed by atoms with van der Waals surface area (Å²) in [5.74, 6) is 1.38. The molecule has 0 aliphatic carbocycles. The number of anilines is 1. The molecule has 0 saturated heterocycles. The van der Waals surface area contributed by atoms with Crippen LogP contribution in [0.2, 0.25) is 5.02 Å². The van der Waals surface area contributed by atoms with Gasteiger partial charge in [-0.05, 0) is 35.7 Å². The first-order valence-corrected chi connectivity index (χ1v) is 8.83. The van der Waals surface area contributed by atoms with Gasteiger partial charge in [-0.3, -0.25) is 4.79 Å². The van der Waals surface area contributed by atoms with Gasteiger partial charge in [-0.25, -0.2) is 0 Å². The molecule has 26 heavy (non-hydrogen) atoms. The zero-order valence-corrected chi connectivity index (χ0v) is 16.3. The number of halogens is 1. The highest BCUT2D eigenvalue weighted by Gasteiger charge is 2.17. The summed E-state index contributed by atoms with van der Waals surface area (Å²) in [4.78, 5) is 12.3. The van der Waals surface area contributed by atoms with Gasteiger partial charge in [0.1, 0.15) is 0 Å². The molecular formula is C20H25ClN2O3. The van der Waals surface area contributed by atoms with Crippen molar-refractivity contribution in [1.82, 2.24) is 5.32 Å². The van der Waals surface area contributed by atoms with Crippen LogP contribution in [0.4, 0.5) is 5.69 Å². The minimum absolute atomic E-state index is 0.0587. The number of benzene rings is 2. The molecule has 6 heteroatoms. The zero-order valence-electron chi connectivity index (χ0n) is 15.5. The van der Waals surface area contributed by atoms with E-state index in [1.54, 1.807) is 32.4 Å². The SMILES string of the molecule is COc1ccc(NC(=O)CN[C@@H](c2ccc(Cl)cc2)C(C)C)cc1OC. The second kappa shape index (κ2) is 9.46. The van der Waals surface area contributed by atoms with Crippen LogP contribution in [-0.2, 0) is 4.79 Å². The van der Waals surface area contributed by atoms with Crippen LogP contribution >= 0.6 is 11.6 Å². The van der Waals surface area contributed by atoms with Crippen molar-refractivity contribution >= 4 is 23.2 Å². The Bertz CT molecular complexity index is 732. The number of carbonyl (C=O) groups is 1. The molecule has 0 heterocycles. The Hall–Kier alpha value is -2.24. The molecule has 0 bridgehead atoms. The molecule has 140 valence electrons. The van der Waals surface area contributed by atoms with Gasteiger partial charge in [0.2, 0.25) is 5.91 Å². The number of hydrogen-bond donors (Lipinski definition) is 2. The van der Waals surface area contributed by atoms with Crippen LogP contribution in [0, 0.1) is 5.92 Å². The number of amides is 1. The van der Waals surface area contributed by atoms with Crippen molar-refractivity contribution in [1.29, 1.82) is 0 Å². The number of ether oxygens (including phenoxy) is 2. The third kappa shape index (κ3) is 5.38. The van der Waals surface area contributed by atoms with Crippen LogP contribution in [0.25, 0.3) is 0 Å². The van der Waals surface area contributed by atoms with E-state index in [-0.39, 0.29) is 18.5 Å². The summed E-state index contributed by atoms with van der Waals surface area (Å²) in [6, 6.07) is 13.0. The Morgan fingerprint density at radius 1 is 1.04 bits per heavy atom. The summed E-state index contributed by atoms with van der Waals surface area (Å²) in [5, 5.41) is 6.88. The van der Waals surface area contributed by atoms with Gasteiger partial charge in [0.25, 0.3) is 0 Å². The van der Waals surface area contributed by atoms with E-state index in [1.165, 1.54) is 0 Å². The lowest BCUT2D eigenvalue weighted by atomic mass is 9.96. The van der Waals surface area contributed by atoms with E-state index in [0.717, 1.165) is 5.56 Å². The standard InChI is InChI=1S/C20H25ClN2O3/c1-13(2)20(14-5-7-15(21)8-6-14)22-12-19(24)23-16-9-10-17(25-3)18(11-16)26-4/h5-11,13,20,22H,12H2,1-4H3,(H,23,24)/t20-/m1/s1. The normalized spacial score (nSPS) is 11.9. The first kappa shape index (κ1) is 20.1. The molecule has 0 fully saturated rings. The summed E-state index contributed by atoms with van der Waals surface area (Å²) in [6.45, 7) is 4.41. The highest BCUT2D eigenvalue weighted by molar-refractivity contribution is 6.30. The van der Waals surface area contributed by atoms with Crippen LogP contribution in [-0.4, -0.2) is 26.7 Å². The van der Waals surface area contributed by atoms with Crippen molar-refractivity contribution in [2.24, 2.45) is 5.92 Å². The van der Waals surface area contributed by atoms with Crippen molar-refractivity contribution in [3.63, 3.8) is 0 Å². The lowest BCUT2D eigenvalue weighted by Gasteiger charge is -2.23. The molecule has 2 aromatic carbocycles. The number of hydrogen-bond acceptors (Lipinski definition) is 4. The molecular weight excluding hydrogens is 352 g/mol. The summed E-state index contributed by atoms with van der Waals surface area (Å²) < 4.78 is 10.5. The fourth-order valence-corrected chi connectivity index (χ4v) is 2.86. The van der Waals surface area contributed by atoms with Crippen LogP contribution in [0.3, 0.4) is 0 Å². The molecule has 0 aliphatic heterocycles. The summed E-state index contributed by atoms with van der Waals surface area (Å²) in [7, 11) is 3.13. The minimum atomic E-state index is -0.128. The molecule has 2 N–H and O–H groups in total. The Labute approximate surface area is 159 Å². The predicted octanol–water partition coefficient (Wildman–Crippen LogP) is 4.28. The van der Waals surface area contributed by atoms with Gasteiger partial charge in [-0.1, -0.05) is 37.6 Å². The van der Waals surface area contributed by atoms with Crippen LogP contribution in [0.15, 0.2) is 42.5 Å². The van der Waals surface area contributed by atoms with Gasteiger partial charge >= 0.3 is 0 Å². The van der Waals surface area contributed by atoms with Crippen molar-refractivity contribution in [2.75, 3.05) is 26.1 Å². The van der Waals surface area contributed by atoms with Crippen LogP contribution < -0.4 is 20.1 Å². The third-order valence-corrected chi connectivity index (χ3v) is 4.30. The first-order chi connectivity index (χ1) is 12.4. The van der Waals surface area contributed by atoms with E-state index in [9.17, 15) is 4.79 Å². The third-order valence-electron chi connectivity index (χ3n) is 4.05. The van der Waals surface area contributed by atoms with Crippen molar-refractivity contribution in [2.45, 2.75) is 19.9 Å². The fraction of sp³-hybridized carbons (Fsp3) is 0.350. The van der Waals surface area contributed by atoms with Gasteiger partial charge in [0.05, 0.1) is 20.8 Å². The maximum atomic E-state index is 12.3. The summed E-state index contributed by atoms with van der Waals surface area (Å²) >= 11 is 5.96. The zero-order chi connectivity index (χ0) is 19.1. The molecule has 0 spiro atoms. The van der Waals surface area contributed by atoms with Gasteiger partial charge in [0, 0.05) is 22.8 Å². The highest BCUT2D eigenvalue weighted by Crippen LogP contribution is 2.29. The lowest BCUT2D eigenvalue weighted by molar-refractivity contribution is -0.115. The van der Waals surface area contributed by atoms with E-state index in [2.05, 4.69) is 24.5 Å². The molecule has 0 aromatic heterocycles. The average Bonchev–Trinajstić information content (AvgIpc) is 2.63. The average molecular weight is 377 g/mol. The van der Waals surface area contributed by atoms with Gasteiger partial charge < -0.3 is 20.1 Å². The number of carbonyl (C=O) groups excluding carboxylic acids is 1. The second-order valence-electron chi connectivity index (χ2n) is 6.27. The number of rotatable bonds is 8. The Kier molecular flexibility index (Phi) is 7.30. The quantitative estimate of drug-likeness (QED) is 0.721. The first-order valence-electron chi connectivity index (χ1n) is 8.45. The van der Waals surface area contributed by atoms with Crippen molar-refractivity contribution in [3.8, 4) is 11.5 Å². The maximum absolute atomic E-state index is 12.3. The second-order valence-corrected chi connectivity index (χ2v) is 6.71. The van der Waals surface area contributed by atoms with Gasteiger partial charge in [-0.15, -0.1) is 0 Å². The Morgan fingerprint density at radius 2 is 1.69 bits per heavy atom. The largest absolute Gasteiger partial charge is 0.493 e. The van der Waals surface area contributed by atoms with Crippen molar-refractivity contribution < 1.29 is 14.3 Å². The minimum Gasteiger partial charge on any atom is -0.493 e. The maximum Gasteiger partial charge on any atom is 0.238 e. The van der Waals surface area contributed by atoms with E-state index < -0.39 is 0 Å². The van der Waals surface area contributed by atoms with E-state index in [4.69, 9.17) is 21.1 Å². The van der Waals surface area contributed by atoms with E-state index in [1.807, 2.05) is 24.3 Å². The van der Waals surface area contributed by atoms with Gasteiger partial charge in [-0.2, -0.15) is 0 Å². The molecule has 5 nitrogen and oxygen atoms in total. The van der Waals surface area contributed by atoms with E-state index in [0.29, 0.717) is 28.1 Å². The van der Waals surface area contributed by atoms with Crippen molar-refractivity contribution in [3.05, 3.63) is 53.1 Å². The Morgan fingerprint density at radius 3 is 2.27 bits per heavy atom. The number of nitrogens with one attached hydrogen (secondary N) is 2. The lowest BCUT2D eigenvalue weighted by Crippen LogP contribution is -2.33. The predicted molar refractivity (Wildman–Crippen MR) is 105 cm³/mol. The Balaban J connectivity index is 1.99. The summed E-state index contributed by atoms with van der Waals surface area (Å²) in [6.07, 6.45) is 0. The monoisotopic (exact) mass is 376 g/mol. The smallest absolute Gasteiger partial charge is 0.238 e. The van der Waals surface area contributed by atoms with Crippen LogP contribution in [0.1, 0.15) is 25.5 Å². The molecule has 0 unspecified atom stereocenters. The molecule has 0 aliphatic rings. The topological polar surface area (TPSA) is 59.6 Å². The molecule has 1 amide bonds. The van der Waals surface area contributed by atoms with Crippen LogP contribution in [0.5, 0.6) is 11.5 Å². The molecule has 2 aromatic rings. The highest BCUT2D eigenvalue weighted by atomic mass is 35.5. The molecule has 0 radical (unpaired) electrons. The fourth-order valence-electron chi connectivity index (χ4n) is 2.73.